The fourth-order valence-corrected chi connectivity index (χ4v) is 1.93. The molecule has 3 nitrogen and oxygen atoms in total. The van der Waals surface area contributed by atoms with E-state index in [-0.39, 0.29) is 5.75 Å². The van der Waals surface area contributed by atoms with Gasteiger partial charge in [0, 0.05) is 18.3 Å². The van der Waals surface area contributed by atoms with Crippen molar-refractivity contribution >= 4 is 5.69 Å². The number of hydrogen-bond acceptors (Lipinski definition) is 3. The van der Waals surface area contributed by atoms with Crippen molar-refractivity contribution in [2.24, 2.45) is 0 Å². The molecule has 0 aliphatic carbocycles. The van der Waals surface area contributed by atoms with Crippen LogP contribution in [0.2, 0.25) is 0 Å². The Hall–Kier alpha value is -1.36. The van der Waals surface area contributed by atoms with Crippen molar-refractivity contribution in [2.75, 3.05) is 18.4 Å². The first kappa shape index (κ1) is 12.1. The van der Waals surface area contributed by atoms with Crippen LogP contribution in [0.15, 0.2) is 24.3 Å². The predicted octanol–water partition coefficient (Wildman–Crippen LogP) is 2.45. The van der Waals surface area contributed by atoms with E-state index in [0.717, 1.165) is 18.8 Å². The average Bonchev–Trinajstić information content (AvgIpc) is 2.80. The molecule has 0 bridgehead atoms. The van der Waals surface area contributed by atoms with Gasteiger partial charge >= 0.3 is 6.61 Å². The molecule has 94 valence electrons. The molecule has 1 heterocycles. The fraction of sp³-hybridized carbons (Fsp3) is 0.500. The van der Waals surface area contributed by atoms with Crippen molar-refractivity contribution in [3.63, 3.8) is 0 Å². The van der Waals surface area contributed by atoms with Gasteiger partial charge in [0.05, 0.1) is 0 Å². The largest absolute Gasteiger partial charge is 0.435 e. The predicted molar refractivity (Wildman–Crippen MR) is 62.6 cm³/mol. The van der Waals surface area contributed by atoms with Gasteiger partial charge in [-0.25, -0.2) is 0 Å². The van der Waals surface area contributed by atoms with Gasteiger partial charge in [0.2, 0.25) is 0 Å². The molecule has 1 unspecified atom stereocenters. The Morgan fingerprint density at radius 1 is 1.35 bits per heavy atom. The van der Waals surface area contributed by atoms with E-state index in [9.17, 15) is 8.78 Å². The highest BCUT2D eigenvalue weighted by atomic mass is 19.3. The lowest BCUT2D eigenvalue weighted by molar-refractivity contribution is -0.0498. The lowest BCUT2D eigenvalue weighted by atomic mass is 10.2. The van der Waals surface area contributed by atoms with Gasteiger partial charge in [0.1, 0.15) is 5.75 Å². The van der Waals surface area contributed by atoms with E-state index in [0.29, 0.717) is 6.04 Å². The van der Waals surface area contributed by atoms with Gasteiger partial charge in [0.15, 0.2) is 0 Å². The Kier molecular flexibility index (Phi) is 4.14. The van der Waals surface area contributed by atoms with Crippen LogP contribution < -0.4 is 15.4 Å². The minimum absolute atomic E-state index is 0.185. The molecule has 17 heavy (non-hydrogen) atoms. The molecule has 2 rings (SSSR count). The Morgan fingerprint density at radius 3 is 2.71 bits per heavy atom. The maximum Gasteiger partial charge on any atom is 0.387 e. The Bertz CT molecular complexity index is 337. The number of anilines is 1. The molecule has 1 fully saturated rings. The maximum absolute atomic E-state index is 11.9. The van der Waals surface area contributed by atoms with Crippen molar-refractivity contribution in [1.82, 2.24) is 5.32 Å². The molecule has 1 aromatic rings. The summed E-state index contributed by atoms with van der Waals surface area (Å²) in [6.07, 6.45) is 2.40. The number of rotatable bonds is 5. The van der Waals surface area contributed by atoms with E-state index in [1.807, 2.05) is 0 Å². The second kappa shape index (κ2) is 5.82. The summed E-state index contributed by atoms with van der Waals surface area (Å²) in [5.74, 6) is 0.185. The van der Waals surface area contributed by atoms with Crippen LogP contribution in [-0.2, 0) is 0 Å². The molecule has 0 radical (unpaired) electrons. The van der Waals surface area contributed by atoms with Crippen LogP contribution in [0.4, 0.5) is 14.5 Å². The summed E-state index contributed by atoms with van der Waals surface area (Å²) < 4.78 is 28.1. The van der Waals surface area contributed by atoms with Crippen LogP contribution in [0, 0.1) is 0 Å². The number of hydrogen-bond donors (Lipinski definition) is 2. The summed E-state index contributed by atoms with van der Waals surface area (Å²) in [7, 11) is 0. The van der Waals surface area contributed by atoms with Gasteiger partial charge in [-0.2, -0.15) is 8.78 Å². The first-order chi connectivity index (χ1) is 8.24. The van der Waals surface area contributed by atoms with Crippen LogP contribution in [0.1, 0.15) is 12.8 Å². The molecular formula is C12H16F2N2O. The zero-order chi connectivity index (χ0) is 12.1. The molecule has 1 atom stereocenters. The molecule has 0 spiro atoms. The van der Waals surface area contributed by atoms with Crippen LogP contribution in [0.5, 0.6) is 5.75 Å². The number of halogens is 2. The Labute approximate surface area is 99.2 Å². The highest BCUT2D eigenvalue weighted by molar-refractivity contribution is 5.46. The first-order valence-corrected chi connectivity index (χ1v) is 5.76. The smallest absolute Gasteiger partial charge is 0.387 e. The van der Waals surface area contributed by atoms with E-state index in [4.69, 9.17) is 0 Å². The summed E-state index contributed by atoms with van der Waals surface area (Å²) >= 11 is 0. The summed E-state index contributed by atoms with van der Waals surface area (Å²) in [6.45, 7) is -0.834. The van der Waals surface area contributed by atoms with Gasteiger partial charge in [-0.3, -0.25) is 0 Å². The van der Waals surface area contributed by atoms with Crippen molar-refractivity contribution in [3.05, 3.63) is 24.3 Å². The molecule has 0 aromatic heterocycles. The normalized spacial score (nSPS) is 19.6. The van der Waals surface area contributed by atoms with Crippen LogP contribution in [0.25, 0.3) is 0 Å². The summed E-state index contributed by atoms with van der Waals surface area (Å²) in [5, 5.41) is 6.64. The van der Waals surface area contributed by atoms with Crippen LogP contribution >= 0.6 is 0 Å². The number of alkyl halides is 2. The van der Waals surface area contributed by atoms with Crippen molar-refractivity contribution in [2.45, 2.75) is 25.5 Å². The molecule has 0 saturated carbocycles. The SMILES string of the molecule is FC(F)Oc1ccc(NCC2CCCN2)cc1. The Morgan fingerprint density at radius 2 is 2.12 bits per heavy atom. The highest BCUT2D eigenvalue weighted by Crippen LogP contribution is 2.18. The Balaban J connectivity index is 1.80. The molecule has 1 aliphatic heterocycles. The minimum atomic E-state index is -2.77. The third-order valence-electron chi connectivity index (χ3n) is 2.79. The van der Waals surface area contributed by atoms with E-state index < -0.39 is 6.61 Å². The van der Waals surface area contributed by atoms with Gasteiger partial charge in [-0.1, -0.05) is 0 Å². The van der Waals surface area contributed by atoms with Crippen LogP contribution in [0.3, 0.4) is 0 Å². The molecule has 1 saturated heterocycles. The zero-order valence-corrected chi connectivity index (χ0v) is 9.46. The molecular weight excluding hydrogens is 226 g/mol. The standard InChI is InChI=1S/C12H16F2N2O/c13-12(14)17-11-5-3-9(4-6-11)16-8-10-2-1-7-15-10/h3-6,10,12,15-16H,1-2,7-8H2. The third kappa shape index (κ3) is 3.85. The summed E-state index contributed by atoms with van der Waals surface area (Å²) in [6, 6.07) is 7.07. The second-order valence-corrected chi connectivity index (χ2v) is 4.08. The highest BCUT2D eigenvalue weighted by Gasteiger charge is 2.13. The monoisotopic (exact) mass is 242 g/mol. The second-order valence-electron chi connectivity index (χ2n) is 4.08. The number of ether oxygens (including phenoxy) is 1. The fourth-order valence-electron chi connectivity index (χ4n) is 1.93. The van der Waals surface area contributed by atoms with Crippen molar-refractivity contribution in [3.8, 4) is 5.75 Å². The van der Waals surface area contributed by atoms with Crippen molar-refractivity contribution < 1.29 is 13.5 Å². The molecule has 1 aromatic carbocycles. The van der Waals surface area contributed by atoms with E-state index in [1.165, 1.54) is 25.0 Å². The first-order valence-electron chi connectivity index (χ1n) is 5.76. The topological polar surface area (TPSA) is 33.3 Å². The lowest BCUT2D eigenvalue weighted by Gasteiger charge is -2.13. The molecule has 2 N–H and O–H groups in total. The van der Waals surface area contributed by atoms with E-state index >= 15 is 0 Å². The van der Waals surface area contributed by atoms with Gasteiger partial charge in [-0.15, -0.1) is 0 Å². The molecule has 5 heteroatoms. The third-order valence-corrected chi connectivity index (χ3v) is 2.79. The quantitative estimate of drug-likeness (QED) is 0.832. The summed E-state index contributed by atoms with van der Waals surface area (Å²) in [5.41, 5.74) is 0.917. The minimum Gasteiger partial charge on any atom is -0.435 e. The molecule has 0 amide bonds. The average molecular weight is 242 g/mol. The summed E-state index contributed by atoms with van der Waals surface area (Å²) in [4.78, 5) is 0. The number of benzene rings is 1. The van der Waals surface area contributed by atoms with Gasteiger partial charge in [0.25, 0.3) is 0 Å². The van der Waals surface area contributed by atoms with Crippen molar-refractivity contribution in [1.29, 1.82) is 0 Å². The van der Waals surface area contributed by atoms with E-state index in [2.05, 4.69) is 15.4 Å². The zero-order valence-electron chi connectivity index (χ0n) is 9.46. The molecule has 1 aliphatic rings. The van der Waals surface area contributed by atoms with Gasteiger partial charge in [-0.05, 0) is 43.7 Å². The van der Waals surface area contributed by atoms with E-state index in [1.54, 1.807) is 12.1 Å². The number of nitrogens with one attached hydrogen (secondary N) is 2. The lowest BCUT2D eigenvalue weighted by Crippen LogP contribution is -2.29. The van der Waals surface area contributed by atoms with Crippen LogP contribution in [-0.4, -0.2) is 25.7 Å². The maximum atomic E-state index is 11.9. The van der Waals surface area contributed by atoms with Gasteiger partial charge < -0.3 is 15.4 Å².